The molecular formula is C22H30N4O+2. The van der Waals surface area contributed by atoms with Crippen molar-refractivity contribution in [2.24, 2.45) is 0 Å². The Balaban J connectivity index is 1.55. The molecule has 2 aromatic carbocycles. The van der Waals surface area contributed by atoms with Crippen LogP contribution >= 0.6 is 0 Å². The number of fused-ring (bicyclic) bond motifs is 1. The zero-order valence-corrected chi connectivity index (χ0v) is 16.6. The number of rotatable bonds is 5. The maximum atomic E-state index is 12.5. The molecule has 2 N–H and O–H groups in total. The average molecular weight is 367 g/mol. The molecule has 0 radical (unpaired) electrons. The van der Waals surface area contributed by atoms with Crippen molar-refractivity contribution in [3.05, 3.63) is 48.0 Å². The molecule has 1 saturated heterocycles. The molecule has 0 saturated carbocycles. The number of likely N-dealkylation sites (N-methyl/N-ethyl adjacent to an activating group) is 1. The zero-order valence-electron chi connectivity index (χ0n) is 16.6. The van der Waals surface area contributed by atoms with Crippen LogP contribution in [-0.2, 0) is 11.3 Å². The van der Waals surface area contributed by atoms with Gasteiger partial charge in [-0.1, -0.05) is 42.5 Å². The zero-order chi connectivity index (χ0) is 19.4. The molecule has 0 aliphatic carbocycles. The van der Waals surface area contributed by atoms with Crippen molar-refractivity contribution < 1.29 is 14.6 Å². The van der Waals surface area contributed by atoms with Gasteiger partial charge in [0.25, 0.3) is 5.91 Å². The van der Waals surface area contributed by atoms with Gasteiger partial charge in [-0.05, 0) is 24.6 Å². The van der Waals surface area contributed by atoms with Gasteiger partial charge in [-0.3, -0.25) is 4.79 Å². The molecule has 0 bridgehead atoms. The van der Waals surface area contributed by atoms with Crippen molar-refractivity contribution in [3.63, 3.8) is 0 Å². The molecule has 1 aliphatic rings. The molecule has 1 aliphatic heterocycles. The van der Waals surface area contributed by atoms with Gasteiger partial charge >= 0.3 is 0 Å². The highest BCUT2D eigenvalue weighted by molar-refractivity contribution is 5.85. The Morgan fingerprint density at radius 3 is 2.41 bits per heavy atom. The Morgan fingerprint density at radius 2 is 1.70 bits per heavy atom. The number of hydrogen-bond donors (Lipinski definition) is 2. The summed E-state index contributed by atoms with van der Waals surface area (Å²) in [5.74, 6) is 0.0500. The van der Waals surface area contributed by atoms with Crippen molar-refractivity contribution in [1.82, 2.24) is 4.90 Å². The molecule has 2 aromatic rings. The lowest BCUT2D eigenvalue weighted by Gasteiger charge is -2.33. The van der Waals surface area contributed by atoms with Crippen LogP contribution < -0.4 is 9.80 Å². The summed E-state index contributed by atoms with van der Waals surface area (Å²) in [7, 11) is 1.73. The first-order chi connectivity index (χ1) is 12.9. The number of hydrogen-bond acceptors (Lipinski definition) is 2. The fourth-order valence-corrected chi connectivity index (χ4v) is 3.75. The second-order valence-electron chi connectivity index (χ2n) is 8.12. The van der Waals surface area contributed by atoms with E-state index in [1.807, 2.05) is 0 Å². The quantitative estimate of drug-likeness (QED) is 0.776. The van der Waals surface area contributed by atoms with Gasteiger partial charge in [0.05, 0.1) is 6.07 Å². The van der Waals surface area contributed by atoms with Crippen molar-refractivity contribution >= 4 is 16.7 Å². The number of amides is 1. The van der Waals surface area contributed by atoms with Crippen LogP contribution in [-0.4, -0.2) is 56.1 Å². The number of carbonyl (C=O) groups excluding carboxylic acids is 1. The number of piperazine rings is 1. The maximum absolute atomic E-state index is 12.5. The summed E-state index contributed by atoms with van der Waals surface area (Å²) in [4.78, 5) is 17.0. The largest absolute Gasteiger partial charge is 0.323 e. The van der Waals surface area contributed by atoms with Gasteiger partial charge in [-0.25, -0.2) is 0 Å². The topological polar surface area (TPSA) is 53.0 Å². The molecule has 27 heavy (non-hydrogen) atoms. The van der Waals surface area contributed by atoms with E-state index >= 15 is 0 Å². The first kappa shape index (κ1) is 19.3. The van der Waals surface area contributed by atoms with E-state index < -0.39 is 5.54 Å². The average Bonchev–Trinajstić information content (AvgIpc) is 2.69. The van der Waals surface area contributed by atoms with Crippen molar-refractivity contribution in [2.75, 3.05) is 39.8 Å². The van der Waals surface area contributed by atoms with E-state index in [1.165, 1.54) is 21.2 Å². The number of nitriles is 1. The second-order valence-corrected chi connectivity index (χ2v) is 8.12. The van der Waals surface area contributed by atoms with Crippen LogP contribution in [0.15, 0.2) is 42.5 Å². The summed E-state index contributed by atoms with van der Waals surface area (Å²) in [5, 5.41) is 11.9. The summed E-state index contributed by atoms with van der Waals surface area (Å²) < 4.78 is 0. The predicted molar refractivity (Wildman–Crippen MR) is 106 cm³/mol. The molecule has 0 unspecified atom stereocenters. The third kappa shape index (κ3) is 4.47. The Morgan fingerprint density at radius 1 is 1.07 bits per heavy atom. The van der Waals surface area contributed by atoms with Gasteiger partial charge in [-0.2, -0.15) is 5.26 Å². The highest BCUT2D eigenvalue weighted by Crippen LogP contribution is 2.17. The highest BCUT2D eigenvalue weighted by atomic mass is 16.2. The summed E-state index contributed by atoms with van der Waals surface area (Å²) in [6, 6.07) is 17.3. The van der Waals surface area contributed by atoms with Gasteiger partial charge in [0.1, 0.15) is 38.3 Å². The lowest BCUT2D eigenvalue weighted by atomic mass is 10.0. The number of quaternary nitrogens is 2. The Kier molecular flexibility index (Phi) is 5.79. The van der Waals surface area contributed by atoms with E-state index in [0.29, 0.717) is 6.54 Å². The molecule has 0 aromatic heterocycles. The smallest absolute Gasteiger partial charge is 0.278 e. The van der Waals surface area contributed by atoms with Crippen LogP contribution in [0, 0.1) is 11.3 Å². The standard InChI is InChI=1S/C22H28N4O/c1-22(2,17-23)24(3)21(27)16-26-13-11-25(12-14-26)15-19-9-6-8-18-7-4-5-10-20(18)19/h4-10H,11-16H2,1-3H3/p+2. The van der Waals surface area contributed by atoms with Crippen LogP contribution in [0.5, 0.6) is 0 Å². The molecule has 142 valence electrons. The lowest BCUT2D eigenvalue weighted by Crippen LogP contribution is -3.28. The maximum Gasteiger partial charge on any atom is 0.278 e. The van der Waals surface area contributed by atoms with E-state index in [0.717, 1.165) is 32.7 Å². The minimum Gasteiger partial charge on any atom is -0.323 e. The predicted octanol–water partition coefficient (Wildman–Crippen LogP) is -0.116. The minimum absolute atomic E-state index is 0.0500. The van der Waals surface area contributed by atoms with Crippen molar-refractivity contribution in [2.45, 2.75) is 25.9 Å². The van der Waals surface area contributed by atoms with Crippen LogP contribution in [0.1, 0.15) is 19.4 Å². The van der Waals surface area contributed by atoms with Crippen molar-refractivity contribution in [3.8, 4) is 6.07 Å². The van der Waals surface area contributed by atoms with Crippen LogP contribution in [0.25, 0.3) is 10.8 Å². The molecule has 3 rings (SSSR count). The monoisotopic (exact) mass is 366 g/mol. The molecule has 0 spiro atoms. The number of nitrogens with one attached hydrogen (secondary N) is 2. The molecule has 1 amide bonds. The van der Waals surface area contributed by atoms with E-state index in [1.54, 1.807) is 30.7 Å². The van der Waals surface area contributed by atoms with Gasteiger partial charge in [0.15, 0.2) is 6.54 Å². The minimum atomic E-state index is -0.752. The first-order valence-electron chi connectivity index (χ1n) is 9.72. The van der Waals surface area contributed by atoms with Gasteiger partial charge in [-0.15, -0.1) is 0 Å². The van der Waals surface area contributed by atoms with E-state index in [2.05, 4.69) is 48.5 Å². The van der Waals surface area contributed by atoms with E-state index in [-0.39, 0.29) is 5.91 Å². The van der Waals surface area contributed by atoms with E-state index in [9.17, 15) is 10.1 Å². The number of carbonyl (C=O) groups is 1. The van der Waals surface area contributed by atoms with Gasteiger partial charge in [0.2, 0.25) is 0 Å². The fraction of sp³-hybridized carbons (Fsp3) is 0.455. The number of nitrogens with zero attached hydrogens (tertiary/aromatic N) is 2. The Hall–Kier alpha value is -2.42. The van der Waals surface area contributed by atoms with E-state index in [4.69, 9.17) is 0 Å². The second kappa shape index (κ2) is 8.08. The van der Waals surface area contributed by atoms with Crippen molar-refractivity contribution in [1.29, 1.82) is 5.26 Å². The van der Waals surface area contributed by atoms with Gasteiger partial charge in [0, 0.05) is 12.6 Å². The lowest BCUT2D eigenvalue weighted by molar-refractivity contribution is -1.02. The Bertz CT molecular complexity index is 842. The third-order valence-electron chi connectivity index (χ3n) is 5.87. The van der Waals surface area contributed by atoms with Gasteiger partial charge < -0.3 is 14.7 Å². The highest BCUT2D eigenvalue weighted by Gasteiger charge is 2.31. The van der Waals surface area contributed by atoms with Crippen LogP contribution in [0.2, 0.25) is 0 Å². The molecule has 1 fully saturated rings. The molecule has 0 atom stereocenters. The summed E-state index contributed by atoms with van der Waals surface area (Å²) in [6.45, 7) is 9.19. The normalized spacial score (nSPS) is 20.2. The summed E-state index contributed by atoms with van der Waals surface area (Å²) >= 11 is 0. The summed E-state index contributed by atoms with van der Waals surface area (Å²) in [5.41, 5.74) is 0.649. The molecule has 5 nitrogen and oxygen atoms in total. The Labute approximate surface area is 161 Å². The SMILES string of the molecule is CN(C(=O)C[NH+]1CC[NH+](Cc2cccc3ccccc23)CC1)C(C)(C)C#N. The van der Waals surface area contributed by atoms with Crippen LogP contribution in [0.3, 0.4) is 0 Å². The third-order valence-corrected chi connectivity index (χ3v) is 5.87. The fourth-order valence-electron chi connectivity index (χ4n) is 3.75. The van der Waals surface area contributed by atoms with Crippen LogP contribution in [0.4, 0.5) is 0 Å². The molecule has 1 heterocycles. The number of benzene rings is 2. The molecular weight excluding hydrogens is 336 g/mol. The first-order valence-corrected chi connectivity index (χ1v) is 9.72. The summed E-state index contributed by atoms with van der Waals surface area (Å²) in [6.07, 6.45) is 0. The molecule has 5 heteroatoms.